The highest BCUT2D eigenvalue weighted by Gasteiger charge is 2.51. The summed E-state index contributed by atoms with van der Waals surface area (Å²) < 4.78 is 11.2. The Labute approximate surface area is 174 Å². The molecule has 0 aliphatic carbocycles. The predicted molar refractivity (Wildman–Crippen MR) is 104 cm³/mol. The molecule has 1 fully saturated rings. The zero-order chi connectivity index (χ0) is 22.4. The van der Waals surface area contributed by atoms with Crippen LogP contribution >= 0.6 is 0 Å². The summed E-state index contributed by atoms with van der Waals surface area (Å²) in [5.74, 6) is -2.43. The van der Waals surface area contributed by atoms with Crippen LogP contribution in [-0.2, 0) is 19.1 Å². The maximum absolute atomic E-state index is 12.9. The van der Waals surface area contributed by atoms with Gasteiger partial charge in [-0.05, 0) is 32.9 Å². The Morgan fingerprint density at radius 3 is 2.00 bits per heavy atom. The number of carbonyl (C=O) groups excluding carboxylic acids is 4. The van der Waals surface area contributed by atoms with E-state index in [9.17, 15) is 19.2 Å². The molecule has 0 saturated carbocycles. The van der Waals surface area contributed by atoms with Gasteiger partial charge in [-0.3, -0.25) is 14.5 Å². The molecule has 9 heteroatoms. The van der Waals surface area contributed by atoms with E-state index in [1.165, 1.54) is 17.0 Å². The van der Waals surface area contributed by atoms with Gasteiger partial charge >= 0.3 is 12.1 Å². The Morgan fingerprint density at radius 1 is 1.00 bits per heavy atom. The first-order chi connectivity index (χ1) is 13.8. The number of amides is 3. The average Bonchev–Trinajstić information content (AvgIpc) is 3.17. The largest absolute Gasteiger partial charge is 0.444 e. The normalized spacial score (nSPS) is 21.7. The van der Waals surface area contributed by atoms with Gasteiger partial charge in [0.1, 0.15) is 11.8 Å². The summed E-state index contributed by atoms with van der Waals surface area (Å²) in [6.07, 6.45) is -1.50. The minimum Gasteiger partial charge on any atom is -0.444 e. The summed E-state index contributed by atoms with van der Waals surface area (Å²) >= 11 is 0. The predicted octanol–water partition coefficient (Wildman–Crippen LogP) is 2.75. The standard InChI is InChI=1S/C21H26N2O7/c1-20(2,3)18-22(19(27)29-21(4,5)6)14(11-28-18)17(26)30-23-15(24)12-9-7-8-10-13(12)16(23)25/h7-10,14,18H,11H2,1-6H3/t14-,18+/m0/s1. The number of hydroxylamine groups is 2. The number of nitrogens with zero attached hydrogens (tertiary/aromatic N) is 2. The monoisotopic (exact) mass is 418 g/mol. The van der Waals surface area contributed by atoms with Crippen LogP contribution in [0.2, 0.25) is 0 Å². The van der Waals surface area contributed by atoms with Crippen molar-refractivity contribution in [3.63, 3.8) is 0 Å². The van der Waals surface area contributed by atoms with Crippen LogP contribution < -0.4 is 0 Å². The molecule has 1 aromatic rings. The van der Waals surface area contributed by atoms with Crippen LogP contribution in [-0.4, -0.2) is 58.3 Å². The lowest BCUT2D eigenvalue weighted by Crippen LogP contribution is -2.53. The van der Waals surface area contributed by atoms with Crippen molar-refractivity contribution in [3.8, 4) is 0 Å². The zero-order valence-electron chi connectivity index (χ0n) is 17.9. The maximum atomic E-state index is 12.9. The van der Waals surface area contributed by atoms with E-state index >= 15 is 0 Å². The van der Waals surface area contributed by atoms with E-state index in [0.29, 0.717) is 5.06 Å². The number of benzene rings is 1. The first-order valence-corrected chi connectivity index (χ1v) is 9.64. The van der Waals surface area contributed by atoms with Gasteiger partial charge in [0.2, 0.25) is 0 Å². The number of imide groups is 1. The van der Waals surface area contributed by atoms with Crippen LogP contribution in [0.25, 0.3) is 0 Å². The summed E-state index contributed by atoms with van der Waals surface area (Å²) in [5.41, 5.74) is -1.02. The molecule has 0 N–H and O–H groups in total. The van der Waals surface area contributed by atoms with Gasteiger partial charge in [0.05, 0.1) is 17.7 Å². The summed E-state index contributed by atoms with van der Waals surface area (Å²) in [5, 5.41) is 0.421. The quantitative estimate of drug-likeness (QED) is 0.681. The molecule has 0 unspecified atom stereocenters. The van der Waals surface area contributed by atoms with E-state index in [-0.39, 0.29) is 17.7 Å². The van der Waals surface area contributed by atoms with Crippen LogP contribution in [0.4, 0.5) is 4.79 Å². The molecule has 2 aliphatic heterocycles. The Morgan fingerprint density at radius 2 is 1.53 bits per heavy atom. The summed E-state index contributed by atoms with van der Waals surface area (Å²) in [6.45, 7) is 10.5. The molecule has 1 aromatic carbocycles. The highest BCUT2D eigenvalue weighted by atomic mass is 16.7. The number of ether oxygens (including phenoxy) is 2. The maximum Gasteiger partial charge on any atom is 0.413 e. The molecule has 2 atom stereocenters. The third-order valence-corrected chi connectivity index (χ3v) is 4.56. The second-order valence-corrected chi connectivity index (χ2v) is 9.32. The molecule has 162 valence electrons. The van der Waals surface area contributed by atoms with E-state index in [4.69, 9.17) is 14.3 Å². The molecule has 0 aromatic heterocycles. The van der Waals surface area contributed by atoms with E-state index in [0.717, 1.165) is 0 Å². The lowest BCUT2D eigenvalue weighted by Gasteiger charge is -2.36. The molecule has 2 aliphatic rings. The van der Waals surface area contributed by atoms with Gasteiger partial charge < -0.3 is 14.3 Å². The number of hydrogen-bond donors (Lipinski definition) is 0. The minimum atomic E-state index is -1.17. The molecule has 0 bridgehead atoms. The molecular weight excluding hydrogens is 392 g/mol. The summed E-state index contributed by atoms with van der Waals surface area (Å²) in [6, 6.07) is 5.00. The Balaban J connectivity index is 1.83. The minimum absolute atomic E-state index is 0.148. The Bertz CT molecular complexity index is 862. The second kappa shape index (κ2) is 7.39. The van der Waals surface area contributed by atoms with E-state index in [1.807, 2.05) is 20.8 Å². The molecule has 0 spiro atoms. The summed E-state index contributed by atoms with van der Waals surface area (Å²) in [4.78, 5) is 57.0. The van der Waals surface area contributed by atoms with Gasteiger partial charge in [0.15, 0.2) is 6.04 Å². The van der Waals surface area contributed by atoms with Crippen LogP contribution in [0.3, 0.4) is 0 Å². The Kier molecular flexibility index (Phi) is 5.36. The van der Waals surface area contributed by atoms with Crippen molar-refractivity contribution < 1.29 is 33.5 Å². The molecule has 3 rings (SSSR count). The number of carbonyl (C=O) groups is 4. The van der Waals surface area contributed by atoms with Crippen molar-refractivity contribution >= 4 is 23.9 Å². The second-order valence-electron chi connectivity index (χ2n) is 9.32. The summed E-state index contributed by atoms with van der Waals surface area (Å²) in [7, 11) is 0. The first kappa shape index (κ1) is 21.8. The van der Waals surface area contributed by atoms with Gasteiger partial charge in [-0.1, -0.05) is 38.0 Å². The fourth-order valence-electron chi connectivity index (χ4n) is 3.29. The molecular formula is C21H26N2O7. The van der Waals surface area contributed by atoms with Gasteiger partial charge in [-0.2, -0.15) is 0 Å². The third kappa shape index (κ3) is 4.02. The zero-order valence-corrected chi connectivity index (χ0v) is 17.9. The van der Waals surface area contributed by atoms with Crippen molar-refractivity contribution in [1.29, 1.82) is 0 Å². The van der Waals surface area contributed by atoms with Crippen molar-refractivity contribution in [2.75, 3.05) is 6.61 Å². The number of hydrogen-bond acceptors (Lipinski definition) is 7. The van der Waals surface area contributed by atoms with Gasteiger partial charge in [-0.15, -0.1) is 0 Å². The first-order valence-electron chi connectivity index (χ1n) is 9.64. The van der Waals surface area contributed by atoms with Crippen LogP contribution in [0.15, 0.2) is 24.3 Å². The van der Waals surface area contributed by atoms with Crippen LogP contribution in [0, 0.1) is 5.41 Å². The van der Waals surface area contributed by atoms with Crippen LogP contribution in [0.1, 0.15) is 62.3 Å². The highest BCUT2D eigenvalue weighted by Crippen LogP contribution is 2.34. The molecule has 30 heavy (non-hydrogen) atoms. The lowest BCUT2D eigenvalue weighted by molar-refractivity contribution is -0.174. The molecule has 2 heterocycles. The molecule has 9 nitrogen and oxygen atoms in total. The van der Waals surface area contributed by atoms with Crippen molar-refractivity contribution in [1.82, 2.24) is 9.96 Å². The Hall–Kier alpha value is -2.94. The van der Waals surface area contributed by atoms with E-state index in [2.05, 4.69) is 0 Å². The molecule has 1 saturated heterocycles. The highest BCUT2D eigenvalue weighted by molar-refractivity contribution is 6.20. The van der Waals surface area contributed by atoms with E-state index < -0.39 is 47.2 Å². The molecule has 0 radical (unpaired) electrons. The smallest absolute Gasteiger partial charge is 0.413 e. The van der Waals surface area contributed by atoms with Crippen LogP contribution in [0.5, 0.6) is 0 Å². The topological polar surface area (TPSA) is 102 Å². The van der Waals surface area contributed by atoms with Crippen molar-refractivity contribution in [3.05, 3.63) is 35.4 Å². The molecule has 3 amide bonds. The fourth-order valence-corrected chi connectivity index (χ4v) is 3.29. The van der Waals surface area contributed by atoms with Gasteiger partial charge in [-0.25, -0.2) is 9.59 Å². The van der Waals surface area contributed by atoms with E-state index in [1.54, 1.807) is 32.9 Å². The third-order valence-electron chi connectivity index (χ3n) is 4.56. The van der Waals surface area contributed by atoms with Crippen molar-refractivity contribution in [2.24, 2.45) is 5.41 Å². The van der Waals surface area contributed by atoms with Crippen molar-refractivity contribution in [2.45, 2.75) is 59.4 Å². The SMILES string of the molecule is CC(C)(C)OC(=O)N1[C@H](C(=O)ON2C(=O)c3ccccc3C2=O)CO[C@@H]1C(C)(C)C. The average molecular weight is 418 g/mol. The lowest BCUT2D eigenvalue weighted by atomic mass is 9.93. The number of rotatable bonds is 2. The van der Waals surface area contributed by atoms with Gasteiger partial charge in [0, 0.05) is 5.41 Å². The van der Waals surface area contributed by atoms with Gasteiger partial charge in [0.25, 0.3) is 11.8 Å². The number of fused-ring (bicyclic) bond motifs is 1. The fraction of sp³-hybridized carbons (Fsp3) is 0.524.